The molecular formula is C32H36N4O8. The van der Waals surface area contributed by atoms with Gasteiger partial charge in [-0.15, -0.1) is 0 Å². The number of piperidine rings is 1. The van der Waals surface area contributed by atoms with Crippen LogP contribution in [0.4, 0.5) is 0 Å². The first-order valence-electron chi connectivity index (χ1n) is 14.4. The van der Waals surface area contributed by atoms with Gasteiger partial charge < -0.3 is 39.0 Å². The Morgan fingerprint density at radius 2 is 1.77 bits per heavy atom. The van der Waals surface area contributed by atoms with E-state index in [1.165, 1.54) is 17.7 Å². The fourth-order valence-electron chi connectivity index (χ4n) is 5.30. The number of hydrogen-bond acceptors (Lipinski definition) is 8. The Morgan fingerprint density at radius 1 is 0.955 bits per heavy atom. The molecule has 1 saturated heterocycles. The van der Waals surface area contributed by atoms with Crippen molar-refractivity contribution in [3.05, 3.63) is 81.8 Å². The molecule has 4 bridgehead atoms. The Morgan fingerprint density at radius 3 is 2.55 bits per heavy atom. The Balaban J connectivity index is 1.42. The SMILES string of the molecule is COc1cc2ccc1CNC(=O)CCc1ccc(OC)c(c1)OCC(=O)N[C@@H]1CN(C(=O)c3ccn(C)c(=O)c3)CC[C@@H]1O2. The summed E-state index contributed by atoms with van der Waals surface area (Å²) in [7, 11) is 4.67. The van der Waals surface area contributed by atoms with Crippen molar-refractivity contribution in [3.63, 3.8) is 0 Å². The van der Waals surface area contributed by atoms with Crippen LogP contribution in [0.15, 0.2) is 59.5 Å². The first-order valence-corrected chi connectivity index (χ1v) is 14.4. The molecule has 44 heavy (non-hydrogen) atoms. The average Bonchev–Trinajstić information content (AvgIpc) is 3.03. The van der Waals surface area contributed by atoms with Gasteiger partial charge in [-0.25, -0.2) is 0 Å². The lowest BCUT2D eigenvalue weighted by Gasteiger charge is -2.39. The van der Waals surface area contributed by atoms with Crippen LogP contribution in [0.25, 0.3) is 0 Å². The first kappa shape index (κ1) is 30.5. The Kier molecular flexibility index (Phi) is 9.37. The molecule has 12 heteroatoms. The molecule has 2 N–H and O–H groups in total. The van der Waals surface area contributed by atoms with Crippen LogP contribution in [-0.4, -0.2) is 73.3 Å². The highest BCUT2D eigenvalue weighted by atomic mass is 16.5. The Labute approximate surface area is 254 Å². The largest absolute Gasteiger partial charge is 0.496 e. The Hall–Kier alpha value is -5.00. The van der Waals surface area contributed by atoms with Crippen LogP contribution in [0.2, 0.25) is 0 Å². The third-order valence-corrected chi connectivity index (χ3v) is 7.78. The van der Waals surface area contributed by atoms with E-state index in [0.29, 0.717) is 42.4 Å². The van der Waals surface area contributed by atoms with Gasteiger partial charge in [-0.2, -0.15) is 0 Å². The fraction of sp³-hybridized carbons (Fsp3) is 0.375. The summed E-state index contributed by atoms with van der Waals surface area (Å²) in [6.07, 6.45) is 2.20. The molecule has 232 valence electrons. The average molecular weight is 605 g/mol. The molecule has 0 spiro atoms. The van der Waals surface area contributed by atoms with Gasteiger partial charge in [0.05, 0.1) is 20.3 Å². The van der Waals surface area contributed by atoms with Gasteiger partial charge in [0, 0.05) is 69.0 Å². The number of carbonyl (C=O) groups is 3. The molecule has 12 nitrogen and oxygen atoms in total. The smallest absolute Gasteiger partial charge is 0.258 e. The predicted molar refractivity (Wildman–Crippen MR) is 160 cm³/mol. The van der Waals surface area contributed by atoms with Gasteiger partial charge in [-0.3, -0.25) is 19.2 Å². The normalized spacial score (nSPS) is 19.1. The molecule has 3 aromatic rings. The predicted octanol–water partition coefficient (Wildman–Crippen LogP) is 1.82. The number of rotatable bonds is 3. The summed E-state index contributed by atoms with van der Waals surface area (Å²) in [6, 6.07) is 13.0. The van der Waals surface area contributed by atoms with Crippen molar-refractivity contribution in [1.29, 1.82) is 0 Å². The van der Waals surface area contributed by atoms with Gasteiger partial charge >= 0.3 is 0 Å². The van der Waals surface area contributed by atoms with Crippen LogP contribution in [0.1, 0.15) is 34.3 Å². The topological polar surface area (TPSA) is 137 Å². The number of benzene rings is 2. The molecule has 3 amide bonds. The van der Waals surface area contributed by atoms with Crippen LogP contribution >= 0.6 is 0 Å². The van der Waals surface area contributed by atoms with Crippen molar-refractivity contribution >= 4 is 17.7 Å². The van der Waals surface area contributed by atoms with Crippen LogP contribution in [0.3, 0.4) is 0 Å². The van der Waals surface area contributed by atoms with Gasteiger partial charge in [-0.1, -0.05) is 6.07 Å². The number of amides is 3. The molecule has 0 aliphatic carbocycles. The van der Waals surface area contributed by atoms with Gasteiger partial charge in [0.1, 0.15) is 17.6 Å². The highest BCUT2D eigenvalue weighted by Crippen LogP contribution is 2.30. The maximum Gasteiger partial charge on any atom is 0.258 e. The summed E-state index contributed by atoms with van der Waals surface area (Å²) < 4.78 is 24.6. The number of nitrogens with one attached hydrogen (secondary N) is 2. The summed E-state index contributed by atoms with van der Waals surface area (Å²) in [4.78, 5) is 52.9. The minimum atomic E-state index is -0.587. The fourth-order valence-corrected chi connectivity index (χ4v) is 5.30. The molecule has 3 aliphatic heterocycles. The van der Waals surface area contributed by atoms with E-state index in [-0.39, 0.29) is 49.1 Å². The second kappa shape index (κ2) is 13.5. The monoisotopic (exact) mass is 604 g/mol. The van der Waals surface area contributed by atoms with E-state index in [0.717, 1.165) is 11.1 Å². The molecule has 1 fully saturated rings. The lowest BCUT2D eigenvalue weighted by Crippen LogP contribution is -2.58. The van der Waals surface area contributed by atoms with Crippen molar-refractivity contribution in [2.75, 3.05) is 33.9 Å². The van der Waals surface area contributed by atoms with Crippen LogP contribution in [0, 0.1) is 0 Å². The number of likely N-dealkylation sites (tertiary alicyclic amines) is 1. The Bertz CT molecular complexity index is 1600. The van der Waals surface area contributed by atoms with Crippen molar-refractivity contribution in [2.45, 2.75) is 38.0 Å². The summed E-state index contributed by atoms with van der Waals surface area (Å²) in [5.41, 5.74) is 1.62. The van der Waals surface area contributed by atoms with E-state index in [4.69, 9.17) is 18.9 Å². The van der Waals surface area contributed by atoms with Crippen LogP contribution < -0.4 is 35.1 Å². The van der Waals surface area contributed by atoms with E-state index in [9.17, 15) is 19.2 Å². The van der Waals surface area contributed by atoms with E-state index < -0.39 is 18.1 Å². The van der Waals surface area contributed by atoms with E-state index in [1.807, 2.05) is 12.1 Å². The molecule has 3 aliphatic rings. The van der Waals surface area contributed by atoms with Gasteiger partial charge in [0.2, 0.25) is 5.91 Å². The van der Waals surface area contributed by atoms with Gasteiger partial charge in [0.25, 0.3) is 17.4 Å². The molecular weight excluding hydrogens is 568 g/mol. The minimum absolute atomic E-state index is 0.122. The van der Waals surface area contributed by atoms with E-state index in [2.05, 4.69) is 10.6 Å². The van der Waals surface area contributed by atoms with Crippen molar-refractivity contribution in [3.8, 4) is 23.0 Å². The third-order valence-electron chi connectivity index (χ3n) is 7.78. The van der Waals surface area contributed by atoms with Crippen molar-refractivity contribution in [1.82, 2.24) is 20.1 Å². The highest BCUT2D eigenvalue weighted by Gasteiger charge is 2.35. The number of hydrogen-bond donors (Lipinski definition) is 2. The number of methoxy groups -OCH3 is 2. The first-order chi connectivity index (χ1) is 21.2. The number of pyridine rings is 1. The number of nitrogens with zero attached hydrogens (tertiary/aromatic N) is 2. The number of ether oxygens (including phenoxy) is 4. The lowest BCUT2D eigenvalue weighted by atomic mass is 10.0. The highest BCUT2D eigenvalue weighted by molar-refractivity contribution is 5.94. The summed E-state index contributed by atoms with van der Waals surface area (Å²) in [5, 5.41) is 5.92. The maximum atomic E-state index is 13.4. The van der Waals surface area contributed by atoms with Gasteiger partial charge in [0.15, 0.2) is 18.1 Å². The van der Waals surface area contributed by atoms with E-state index >= 15 is 0 Å². The second-order valence-electron chi connectivity index (χ2n) is 10.8. The molecule has 0 saturated carbocycles. The molecule has 6 rings (SSSR count). The maximum absolute atomic E-state index is 13.4. The summed E-state index contributed by atoms with van der Waals surface area (Å²) in [5.74, 6) is 1.05. The van der Waals surface area contributed by atoms with Crippen LogP contribution in [-0.2, 0) is 29.6 Å². The third kappa shape index (κ3) is 7.13. The van der Waals surface area contributed by atoms with E-state index in [1.54, 1.807) is 55.6 Å². The zero-order valence-electron chi connectivity index (χ0n) is 25.0. The molecule has 1 aromatic heterocycles. The number of aryl methyl sites for hydroxylation is 2. The number of fused-ring (bicyclic) bond motifs is 9. The van der Waals surface area contributed by atoms with Crippen molar-refractivity contribution in [2.24, 2.45) is 7.05 Å². The minimum Gasteiger partial charge on any atom is -0.496 e. The molecule has 2 aromatic carbocycles. The quantitative estimate of drug-likeness (QED) is 0.462. The standard InChI is InChI=1S/C32H36N4O8/c1-35-12-10-21(15-31(35)39)32(40)36-13-11-25-24(18-36)34-30(38)19-43-28-14-20(4-8-26(28)41-2)5-9-29(37)33-17-22-6-7-23(44-25)16-27(22)42-3/h4,6-8,10,12,14-16,24-25H,5,9,11,13,17-19H2,1-3H3,(H,33,37)(H,34,38)/t24-,25+/m1/s1. The van der Waals surface area contributed by atoms with Crippen LogP contribution in [0.5, 0.6) is 23.0 Å². The molecule has 0 radical (unpaired) electrons. The molecule has 2 atom stereocenters. The molecule has 4 heterocycles. The zero-order chi connectivity index (χ0) is 31.2. The zero-order valence-corrected chi connectivity index (χ0v) is 25.0. The number of carbonyl (C=O) groups excluding carboxylic acids is 3. The second-order valence-corrected chi connectivity index (χ2v) is 10.8. The lowest BCUT2D eigenvalue weighted by molar-refractivity contribution is -0.125. The summed E-state index contributed by atoms with van der Waals surface area (Å²) in [6.45, 7) is 0.479. The molecule has 0 unspecified atom stereocenters. The summed E-state index contributed by atoms with van der Waals surface area (Å²) >= 11 is 0. The number of aromatic nitrogens is 1. The van der Waals surface area contributed by atoms with Crippen molar-refractivity contribution < 1.29 is 33.3 Å². The van der Waals surface area contributed by atoms with Gasteiger partial charge in [-0.05, 0) is 42.3 Å².